The van der Waals surface area contributed by atoms with Crippen molar-refractivity contribution in [3.05, 3.63) is 22.6 Å². The fourth-order valence-electron chi connectivity index (χ4n) is 2.71. The number of aromatic nitrogens is 2. The van der Waals surface area contributed by atoms with Crippen molar-refractivity contribution in [3.63, 3.8) is 0 Å². The highest BCUT2D eigenvalue weighted by molar-refractivity contribution is 5.12. The molecule has 0 spiro atoms. The first-order valence-corrected chi connectivity index (χ1v) is 8.76. The van der Waals surface area contributed by atoms with E-state index in [1.165, 1.54) is 12.5 Å². The van der Waals surface area contributed by atoms with Crippen molar-refractivity contribution in [2.45, 2.75) is 19.4 Å². The molecule has 0 atom stereocenters. The van der Waals surface area contributed by atoms with Crippen LogP contribution in [0.15, 0.2) is 12.5 Å². The lowest BCUT2D eigenvalue weighted by Gasteiger charge is -2.23. The highest BCUT2D eigenvalue weighted by atomic mass is 16.6. The Bertz CT molecular complexity index is 466. The van der Waals surface area contributed by atoms with Gasteiger partial charge in [0.2, 0.25) is 6.33 Å². The number of rotatable bonds is 4. The molecule has 9 heteroatoms. The predicted octanol–water partition coefficient (Wildman–Crippen LogP) is -0.344. The van der Waals surface area contributed by atoms with E-state index in [1.807, 2.05) is 0 Å². The number of nitrogens with zero attached hydrogens (tertiary/aromatic N) is 4. The van der Waals surface area contributed by atoms with Crippen LogP contribution in [0.25, 0.3) is 0 Å². The maximum Gasteiger partial charge on any atom is 0.381 e. The number of nitro groups is 1. The zero-order valence-corrected chi connectivity index (χ0v) is 14.2. The molecule has 1 aromatic rings. The van der Waals surface area contributed by atoms with Gasteiger partial charge < -0.3 is 35.5 Å². The van der Waals surface area contributed by atoms with Gasteiger partial charge in [-0.05, 0) is 48.9 Å². The smallest absolute Gasteiger partial charge is 0.358 e. The molecular weight excluding hydrogens is 310 g/mol. The van der Waals surface area contributed by atoms with Gasteiger partial charge in [-0.25, -0.2) is 0 Å². The zero-order valence-electron chi connectivity index (χ0n) is 14.2. The van der Waals surface area contributed by atoms with Crippen molar-refractivity contribution < 1.29 is 4.92 Å². The summed E-state index contributed by atoms with van der Waals surface area (Å²) in [7, 11) is 0. The Morgan fingerprint density at radius 1 is 1.00 bits per heavy atom. The highest BCUT2D eigenvalue weighted by Gasteiger charge is 2.11. The fourth-order valence-corrected chi connectivity index (χ4v) is 2.71. The maximum atomic E-state index is 10.7. The second-order valence-corrected chi connectivity index (χ2v) is 6.03. The fraction of sp³-hybridized carbons (Fsp3) is 0.800. The molecule has 3 N–H and O–H groups in total. The average molecular weight is 339 g/mol. The maximum absolute atomic E-state index is 10.7. The summed E-state index contributed by atoms with van der Waals surface area (Å²) in [5.41, 5.74) is 0. The molecule has 9 nitrogen and oxygen atoms in total. The van der Waals surface area contributed by atoms with Gasteiger partial charge in [0.05, 0.1) is 0 Å². The molecule has 0 radical (unpaired) electrons. The van der Waals surface area contributed by atoms with Crippen LogP contribution < -0.4 is 16.0 Å². The minimum atomic E-state index is -0.456. The van der Waals surface area contributed by atoms with Crippen molar-refractivity contribution in [1.29, 1.82) is 0 Å². The summed E-state index contributed by atoms with van der Waals surface area (Å²) in [6.07, 6.45) is 5.27. The molecule has 0 aliphatic carbocycles. The standard InChI is InChI=1S/C15H29N7O2/c23-22(24)15-13-21(14-19-15)12-11-20-9-2-5-17-7-6-16-3-1-4-18-8-10-20/h13-14,16-18H,1-12H2. The van der Waals surface area contributed by atoms with E-state index in [9.17, 15) is 10.1 Å². The normalized spacial score (nSPS) is 19.7. The van der Waals surface area contributed by atoms with Crippen LogP contribution in [0.1, 0.15) is 12.8 Å². The van der Waals surface area contributed by atoms with Gasteiger partial charge in [0.1, 0.15) is 6.20 Å². The topological polar surface area (TPSA) is 100 Å². The zero-order chi connectivity index (χ0) is 17.0. The molecule has 0 saturated carbocycles. The summed E-state index contributed by atoms with van der Waals surface area (Å²) in [4.78, 5) is 16.4. The molecule has 1 aliphatic heterocycles. The Morgan fingerprint density at radius 2 is 1.71 bits per heavy atom. The Kier molecular flexibility index (Phi) is 8.67. The summed E-state index contributed by atoms with van der Waals surface area (Å²) < 4.78 is 1.79. The van der Waals surface area contributed by atoms with Gasteiger partial charge >= 0.3 is 5.82 Å². The van der Waals surface area contributed by atoms with Crippen LogP contribution in [-0.4, -0.2) is 78.3 Å². The Morgan fingerprint density at radius 3 is 2.42 bits per heavy atom. The number of nitrogens with one attached hydrogen (secondary N) is 3. The van der Waals surface area contributed by atoms with Crippen LogP contribution in [-0.2, 0) is 6.54 Å². The first kappa shape index (κ1) is 18.8. The van der Waals surface area contributed by atoms with Crippen LogP contribution in [0.4, 0.5) is 5.82 Å². The SMILES string of the molecule is O=[N+]([O-])c1cn(CCN2CCCNCCNCCCNCC2)cn1. The van der Waals surface area contributed by atoms with Crippen LogP contribution in [0.5, 0.6) is 0 Å². The summed E-state index contributed by atoms with van der Waals surface area (Å²) in [5.74, 6) is -0.0875. The van der Waals surface area contributed by atoms with Crippen LogP contribution in [0.3, 0.4) is 0 Å². The lowest BCUT2D eigenvalue weighted by molar-refractivity contribution is -0.389. The molecule has 1 aromatic heterocycles. The molecule has 2 heterocycles. The van der Waals surface area contributed by atoms with Crippen LogP contribution in [0, 0.1) is 10.1 Å². The number of imidazole rings is 1. The van der Waals surface area contributed by atoms with Crippen molar-refractivity contribution >= 4 is 5.82 Å². The second-order valence-electron chi connectivity index (χ2n) is 6.03. The molecule has 1 fully saturated rings. The van der Waals surface area contributed by atoms with Crippen LogP contribution >= 0.6 is 0 Å². The van der Waals surface area contributed by atoms with Crippen molar-refractivity contribution in [2.75, 3.05) is 58.9 Å². The Hall–Kier alpha value is -1.55. The molecule has 1 saturated heterocycles. The van der Waals surface area contributed by atoms with E-state index in [4.69, 9.17) is 0 Å². The van der Waals surface area contributed by atoms with Gasteiger partial charge in [-0.3, -0.25) is 0 Å². The summed E-state index contributed by atoms with van der Waals surface area (Å²) in [6, 6.07) is 0. The molecule has 136 valence electrons. The van der Waals surface area contributed by atoms with Gasteiger partial charge in [0.25, 0.3) is 0 Å². The molecule has 0 aromatic carbocycles. The van der Waals surface area contributed by atoms with E-state index < -0.39 is 4.92 Å². The third-order valence-corrected chi connectivity index (χ3v) is 4.10. The largest absolute Gasteiger partial charge is 0.381 e. The van der Waals surface area contributed by atoms with Crippen molar-refractivity contribution in [3.8, 4) is 0 Å². The molecule has 0 unspecified atom stereocenters. The molecule has 2 rings (SSSR count). The molecule has 0 amide bonds. The van der Waals surface area contributed by atoms with Gasteiger partial charge in [0, 0.05) is 39.3 Å². The van der Waals surface area contributed by atoms with E-state index in [1.54, 1.807) is 4.57 Å². The van der Waals surface area contributed by atoms with Gasteiger partial charge in [0.15, 0.2) is 0 Å². The van der Waals surface area contributed by atoms with E-state index in [-0.39, 0.29) is 5.82 Å². The summed E-state index contributed by atoms with van der Waals surface area (Å²) in [6.45, 7) is 9.70. The first-order valence-electron chi connectivity index (χ1n) is 8.76. The van der Waals surface area contributed by atoms with Crippen molar-refractivity contribution in [1.82, 2.24) is 30.4 Å². The first-order chi connectivity index (χ1) is 11.8. The number of hydrogen-bond acceptors (Lipinski definition) is 7. The third-order valence-electron chi connectivity index (χ3n) is 4.10. The van der Waals surface area contributed by atoms with Crippen molar-refractivity contribution in [2.24, 2.45) is 0 Å². The summed E-state index contributed by atoms with van der Waals surface area (Å²) in [5, 5.41) is 21.0. The average Bonchev–Trinajstić information content (AvgIpc) is 3.05. The quantitative estimate of drug-likeness (QED) is 0.509. The minimum absolute atomic E-state index is 0.0875. The molecular formula is C15H29N7O2. The Labute approximate surface area is 143 Å². The minimum Gasteiger partial charge on any atom is -0.358 e. The molecule has 24 heavy (non-hydrogen) atoms. The Balaban J connectivity index is 1.76. The van der Waals surface area contributed by atoms with Gasteiger partial charge in [-0.2, -0.15) is 0 Å². The molecule has 0 bridgehead atoms. The number of hydrogen-bond donors (Lipinski definition) is 3. The monoisotopic (exact) mass is 339 g/mol. The molecule has 1 aliphatic rings. The lowest BCUT2D eigenvalue weighted by Crippen LogP contribution is -2.38. The van der Waals surface area contributed by atoms with E-state index in [0.29, 0.717) is 0 Å². The van der Waals surface area contributed by atoms with E-state index >= 15 is 0 Å². The summed E-state index contributed by atoms with van der Waals surface area (Å²) >= 11 is 0. The third kappa shape index (κ3) is 7.35. The van der Waals surface area contributed by atoms with Crippen LogP contribution in [0.2, 0.25) is 0 Å². The van der Waals surface area contributed by atoms with Gasteiger partial charge in [-0.15, -0.1) is 0 Å². The lowest BCUT2D eigenvalue weighted by atomic mass is 10.3. The van der Waals surface area contributed by atoms with E-state index in [2.05, 4.69) is 25.8 Å². The van der Waals surface area contributed by atoms with E-state index in [0.717, 1.165) is 78.3 Å². The highest BCUT2D eigenvalue weighted by Crippen LogP contribution is 2.05. The second kappa shape index (κ2) is 11.1. The van der Waals surface area contributed by atoms with Gasteiger partial charge in [-0.1, -0.05) is 0 Å². The predicted molar refractivity (Wildman–Crippen MR) is 93.2 cm³/mol.